The number of carbonyl (C=O) groups excluding carboxylic acids is 1. The monoisotopic (exact) mass is 188 g/mol. The Morgan fingerprint density at radius 3 is 2.67 bits per heavy atom. The van der Waals surface area contributed by atoms with E-state index < -0.39 is 0 Å². The van der Waals surface area contributed by atoms with Crippen molar-refractivity contribution in [2.24, 2.45) is 0 Å². The van der Waals surface area contributed by atoms with Crippen LogP contribution in [-0.4, -0.2) is 11.1 Å². The van der Waals surface area contributed by atoms with Crippen LogP contribution in [0.5, 0.6) is 0 Å². The average molecular weight is 189 g/mol. The summed E-state index contributed by atoms with van der Waals surface area (Å²) in [6, 6.07) is 0. The van der Waals surface area contributed by atoms with Gasteiger partial charge >= 0.3 is 0 Å². The molecule has 9 heavy (non-hydrogen) atoms. The van der Waals surface area contributed by atoms with E-state index in [1.165, 1.54) is 6.08 Å². The molecule has 1 nitrogen and oxygen atoms in total. The van der Waals surface area contributed by atoms with Crippen LogP contribution in [0, 0.1) is 0 Å². The molecule has 2 heteroatoms. The van der Waals surface area contributed by atoms with E-state index in [1.54, 1.807) is 6.08 Å². The summed E-state index contributed by atoms with van der Waals surface area (Å²) < 4.78 is 0. The van der Waals surface area contributed by atoms with Gasteiger partial charge in [-0.25, -0.2) is 0 Å². The van der Waals surface area contributed by atoms with Crippen LogP contribution in [0.3, 0.4) is 0 Å². The van der Waals surface area contributed by atoms with E-state index in [9.17, 15) is 4.79 Å². The smallest absolute Gasteiger partial charge is 0.166 e. The first kappa shape index (κ1) is 8.63. The van der Waals surface area contributed by atoms with Crippen molar-refractivity contribution < 1.29 is 4.79 Å². The summed E-state index contributed by atoms with van der Waals surface area (Å²) in [7, 11) is 0. The molecule has 0 saturated heterocycles. The second kappa shape index (κ2) is 5.76. The number of halogens is 1. The molecule has 0 aliphatic heterocycles. The Bertz CT molecular complexity index is 136. The lowest BCUT2D eigenvalue weighted by Gasteiger charge is -1.78. The third-order valence-electron chi connectivity index (χ3n) is 0.717. The Balaban J connectivity index is 3.57. The molecule has 0 fully saturated rings. The highest BCUT2D eigenvalue weighted by atomic mass is 79.9. The number of allylic oxidation sites excluding steroid dienone is 4. The van der Waals surface area contributed by atoms with Gasteiger partial charge < -0.3 is 0 Å². The topological polar surface area (TPSA) is 17.1 Å². The molecule has 0 atom stereocenters. The zero-order chi connectivity index (χ0) is 7.11. The molecule has 0 aliphatic rings. The molecule has 0 spiro atoms. The Morgan fingerprint density at radius 2 is 2.22 bits per heavy atom. The molecule has 0 heterocycles. The maximum Gasteiger partial charge on any atom is 0.166 e. The van der Waals surface area contributed by atoms with E-state index in [4.69, 9.17) is 0 Å². The van der Waals surface area contributed by atoms with Crippen molar-refractivity contribution in [2.75, 3.05) is 5.33 Å². The highest BCUT2D eigenvalue weighted by Gasteiger charge is 1.86. The first-order valence-electron chi connectivity index (χ1n) is 2.69. The van der Waals surface area contributed by atoms with Gasteiger partial charge in [0.2, 0.25) is 0 Å². The average Bonchev–Trinajstić information content (AvgIpc) is 1.89. The van der Waals surface area contributed by atoms with Crippen LogP contribution in [-0.2, 0) is 4.79 Å². The fourth-order valence-electron chi connectivity index (χ4n) is 0.319. The minimum Gasteiger partial charge on any atom is -0.294 e. The predicted molar refractivity (Wildman–Crippen MR) is 42.8 cm³/mol. The molecule has 0 N–H and O–H groups in total. The molecule has 0 unspecified atom stereocenters. The predicted octanol–water partition coefficient (Wildman–Crippen LogP) is 2.08. The molecule has 0 amide bonds. The summed E-state index contributed by atoms with van der Waals surface area (Å²) in [5.74, 6) is 0.0908. The van der Waals surface area contributed by atoms with Crippen LogP contribution >= 0.6 is 15.9 Å². The van der Waals surface area contributed by atoms with Gasteiger partial charge in [-0.05, 0) is 13.0 Å². The summed E-state index contributed by atoms with van der Waals surface area (Å²) in [5.41, 5.74) is 0. The Labute approximate surface area is 63.6 Å². The van der Waals surface area contributed by atoms with Gasteiger partial charge in [0, 0.05) is 0 Å². The Morgan fingerprint density at radius 1 is 1.56 bits per heavy atom. The van der Waals surface area contributed by atoms with E-state index in [1.807, 2.05) is 19.1 Å². The molecular weight excluding hydrogens is 180 g/mol. The van der Waals surface area contributed by atoms with Crippen LogP contribution < -0.4 is 0 Å². The van der Waals surface area contributed by atoms with E-state index in [2.05, 4.69) is 15.9 Å². The zero-order valence-electron chi connectivity index (χ0n) is 5.30. The first-order chi connectivity index (χ1) is 4.31. The molecule has 0 saturated carbocycles. The third-order valence-corrected chi connectivity index (χ3v) is 1.27. The SMILES string of the molecule is C/C=C/C=C/C(=O)CBr. The highest BCUT2D eigenvalue weighted by molar-refractivity contribution is 9.09. The number of rotatable bonds is 3. The van der Waals surface area contributed by atoms with Crippen molar-refractivity contribution in [3.05, 3.63) is 24.3 Å². The van der Waals surface area contributed by atoms with E-state index in [0.29, 0.717) is 5.33 Å². The van der Waals surface area contributed by atoms with Gasteiger partial charge in [-0.2, -0.15) is 0 Å². The van der Waals surface area contributed by atoms with Crippen LogP contribution in [0.2, 0.25) is 0 Å². The number of carbonyl (C=O) groups is 1. The molecule has 0 rings (SSSR count). The summed E-state index contributed by atoms with van der Waals surface area (Å²) in [6.45, 7) is 1.91. The normalized spacial score (nSPS) is 11.3. The lowest BCUT2D eigenvalue weighted by molar-refractivity contribution is -0.112. The van der Waals surface area contributed by atoms with Crippen molar-refractivity contribution in [1.29, 1.82) is 0 Å². The van der Waals surface area contributed by atoms with Gasteiger partial charge in [0.25, 0.3) is 0 Å². The maximum atomic E-state index is 10.5. The number of hydrogen-bond acceptors (Lipinski definition) is 1. The van der Waals surface area contributed by atoms with Gasteiger partial charge in [0.1, 0.15) is 0 Å². The largest absolute Gasteiger partial charge is 0.294 e. The van der Waals surface area contributed by atoms with Gasteiger partial charge in [0.15, 0.2) is 5.78 Å². The molecule has 0 aromatic rings. The van der Waals surface area contributed by atoms with Crippen LogP contribution in [0.4, 0.5) is 0 Å². The maximum absolute atomic E-state index is 10.5. The minimum absolute atomic E-state index is 0.0908. The molecule has 0 aromatic heterocycles. The Kier molecular flexibility index (Phi) is 5.52. The van der Waals surface area contributed by atoms with E-state index >= 15 is 0 Å². The second-order valence-corrected chi connectivity index (χ2v) is 2.05. The fourth-order valence-corrected chi connectivity index (χ4v) is 0.505. The van der Waals surface area contributed by atoms with Crippen molar-refractivity contribution in [3.8, 4) is 0 Å². The van der Waals surface area contributed by atoms with Crippen molar-refractivity contribution in [1.82, 2.24) is 0 Å². The number of ketones is 1. The fraction of sp³-hybridized carbons (Fsp3) is 0.286. The van der Waals surface area contributed by atoms with Crippen molar-refractivity contribution in [3.63, 3.8) is 0 Å². The van der Waals surface area contributed by atoms with Crippen molar-refractivity contribution in [2.45, 2.75) is 6.92 Å². The third kappa shape index (κ3) is 5.50. The Hall–Kier alpha value is -0.370. The quantitative estimate of drug-likeness (QED) is 0.377. The standard InChI is InChI=1S/C7H9BrO/c1-2-3-4-5-7(9)6-8/h2-5H,6H2,1H3/b3-2+,5-4+. The molecule has 50 valence electrons. The van der Waals surface area contributed by atoms with Crippen LogP contribution in [0.1, 0.15) is 6.92 Å². The van der Waals surface area contributed by atoms with Crippen LogP contribution in [0.15, 0.2) is 24.3 Å². The second-order valence-electron chi connectivity index (χ2n) is 1.48. The molecule has 0 bridgehead atoms. The summed E-state index contributed by atoms with van der Waals surface area (Å²) in [5, 5.41) is 0.404. The number of hydrogen-bond donors (Lipinski definition) is 0. The van der Waals surface area contributed by atoms with E-state index in [0.717, 1.165) is 0 Å². The molecule has 0 aromatic carbocycles. The van der Waals surface area contributed by atoms with Gasteiger partial charge in [-0.3, -0.25) is 4.79 Å². The summed E-state index contributed by atoms with van der Waals surface area (Å²) in [4.78, 5) is 10.5. The summed E-state index contributed by atoms with van der Waals surface area (Å²) >= 11 is 3.04. The lowest BCUT2D eigenvalue weighted by atomic mass is 10.4. The van der Waals surface area contributed by atoms with Gasteiger partial charge in [0.05, 0.1) is 5.33 Å². The first-order valence-corrected chi connectivity index (χ1v) is 3.81. The minimum atomic E-state index is 0.0908. The van der Waals surface area contributed by atoms with E-state index in [-0.39, 0.29) is 5.78 Å². The molecule has 0 radical (unpaired) electrons. The van der Waals surface area contributed by atoms with Gasteiger partial charge in [-0.1, -0.05) is 34.2 Å². The molecule has 0 aliphatic carbocycles. The van der Waals surface area contributed by atoms with Gasteiger partial charge in [-0.15, -0.1) is 0 Å². The highest BCUT2D eigenvalue weighted by Crippen LogP contribution is 1.84. The van der Waals surface area contributed by atoms with Crippen molar-refractivity contribution >= 4 is 21.7 Å². The zero-order valence-corrected chi connectivity index (χ0v) is 6.89. The van der Waals surface area contributed by atoms with Crippen LogP contribution in [0.25, 0.3) is 0 Å². The number of alkyl halides is 1. The lowest BCUT2D eigenvalue weighted by Crippen LogP contribution is -1.90. The summed E-state index contributed by atoms with van der Waals surface area (Å²) in [6.07, 6.45) is 6.96. The molecular formula is C7H9BrO.